The van der Waals surface area contributed by atoms with E-state index >= 15 is 0 Å². The molecule has 2 rings (SSSR count). The summed E-state index contributed by atoms with van der Waals surface area (Å²) < 4.78 is 10.5. The second kappa shape index (κ2) is 6.87. The molecule has 0 heterocycles. The molecule has 104 valence electrons. The maximum Gasteiger partial charge on any atom is 0.316 e. The summed E-state index contributed by atoms with van der Waals surface area (Å²) >= 11 is 0. The van der Waals surface area contributed by atoms with E-state index in [0.29, 0.717) is 0 Å². The van der Waals surface area contributed by atoms with E-state index in [1.807, 2.05) is 60.7 Å². The third-order valence-electron chi connectivity index (χ3n) is 3.30. The molecular formula is C17H18O3. The van der Waals surface area contributed by atoms with Crippen molar-refractivity contribution in [1.82, 2.24) is 0 Å². The van der Waals surface area contributed by atoms with Crippen LogP contribution in [-0.2, 0) is 14.3 Å². The Balaban J connectivity index is 2.42. The zero-order chi connectivity index (χ0) is 14.4. The average Bonchev–Trinajstić information content (AvgIpc) is 2.53. The molecule has 0 aliphatic rings. The highest BCUT2D eigenvalue weighted by molar-refractivity contribution is 5.79. The van der Waals surface area contributed by atoms with Gasteiger partial charge >= 0.3 is 5.97 Å². The quantitative estimate of drug-likeness (QED) is 0.782. The minimum absolute atomic E-state index is 0.299. The van der Waals surface area contributed by atoms with Gasteiger partial charge in [-0.1, -0.05) is 60.7 Å². The van der Waals surface area contributed by atoms with Crippen LogP contribution in [0.4, 0.5) is 0 Å². The van der Waals surface area contributed by atoms with Crippen LogP contribution in [0.2, 0.25) is 0 Å². The van der Waals surface area contributed by atoms with Crippen molar-refractivity contribution in [3.63, 3.8) is 0 Å². The Kier molecular flexibility index (Phi) is 4.91. The van der Waals surface area contributed by atoms with E-state index in [-0.39, 0.29) is 12.1 Å². The molecular weight excluding hydrogens is 252 g/mol. The summed E-state index contributed by atoms with van der Waals surface area (Å²) in [6.07, 6.45) is -0.369. The van der Waals surface area contributed by atoms with Crippen LogP contribution in [0.5, 0.6) is 0 Å². The Labute approximate surface area is 119 Å². The molecule has 0 spiro atoms. The molecule has 0 unspecified atom stereocenters. The van der Waals surface area contributed by atoms with E-state index in [4.69, 9.17) is 9.47 Å². The SMILES string of the molecule is COC(=O)[C@H](c1ccccc1)[C@@H](OC)c1ccccc1. The van der Waals surface area contributed by atoms with Gasteiger partial charge in [0.1, 0.15) is 5.92 Å². The predicted octanol–water partition coefficient (Wildman–Crippen LogP) is 3.33. The molecule has 0 aliphatic heterocycles. The van der Waals surface area contributed by atoms with E-state index in [0.717, 1.165) is 11.1 Å². The van der Waals surface area contributed by atoms with Gasteiger partial charge in [-0.3, -0.25) is 4.79 Å². The van der Waals surface area contributed by atoms with Crippen molar-refractivity contribution in [2.24, 2.45) is 0 Å². The van der Waals surface area contributed by atoms with Crippen LogP contribution < -0.4 is 0 Å². The maximum atomic E-state index is 12.2. The van der Waals surface area contributed by atoms with E-state index in [2.05, 4.69) is 0 Å². The van der Waals surface area contributed by atoms with Gasteiger partial charge in [-0.25, -0.2) is 0 Å². The first-order valence-corrected chi connectivity index (χ1v) is 6.48. The van der Waals surface area contributed by atoms with E-state index in [9.17, 15) is 4.79 Å². The van der Waals surface area contributed by atoms with Crippen LogP contribution in [0.25, 0.3) is 0 Å². The van der Waals surface area contributed by atoms with Gasteiger partial charge in [0.25, 0.3) is 0 Å². The topological polar surface area (TPSA) is 35.5 Å². The fourth-order valence-electron chi connectivity index (χ4n) is 2.33. The molecule has 20 heavy (non-hydrogen) atoms. The van der Waals surface area contributed by atoms with E-state index in [1.54, 1.807) is 7.11 Å². The summed E-state index contributed by atoms with van der Waals surface area (Å²) in [6.45, 7) is 0. The highest BCUT2D eigenvalue weighted by Gasteiger charge is 2.32. The fourth-order valence-corrected chi connectivity index (χ4v) is 2.33. The number of methoxy groups -OCH3 is 2. The lowest BCUT2D eigenvalue weighted by molar-refractivity contribution is -0.146. The Hall–Kier alpha value is -2.13. The zero-order valence-corrected chi connectivity index (χ0v) is 11.7. The molecule has 0 saturated carbocycles. The second-order valence-corrected chi connectivity index (χ2v) is 4.48. The summed E-state index contributed by atoms with van der Waals surface area (Å²) in [7, 11) is 3.01. The molecule has 0 saturated heterocycles. The lowest BCUT2D eigenvalue weighted by atomic mass is 9.89. The van der Waals surface area contributed by atoms with Crippen molar-refractivity contribution in [3.05, 3.63) is 71.8 Å². The van der Waals surface area contributed by atoms with Crippen LogP contribution in [0.15, 0.2) is 60.7 Å². The number of carbonyl (C=O) groups excluding carboxylic acids is 1. The summed E-state index contributed by atoms with van der Waals surface area (Å²) in [5.41, 5.74) is 1.84. The molecule has 3 nitrogen and oxygen atoms in total. The van der Waals surface area contributed by atoms with Gasteiger partial charge < -0.3 is 9.47 Å². The Bertz CT molecular complexity index is 537. The van der Waals surface area contributed by atoms with Gasteiger partial charge in [0.15, 0.2) is 0 Å². The monoisotopic (exact) mass is 270 g/mol. The fraction of sp³-hybridized carbons (Fsp3) is 0.235. The first kappa shape index (κ1) is 14.3. The van der Waals surface area contributed by atoms with Gasteiger partial charge in [-0.15, -0.1) is 0 Å². The van der Waals surface area contributed by atoms with Crippen LogP contribution in [0.1, 0.15) is 23.1 Å². The molecule has 0 bridgehead atoms. The minimum atomic E-state index is -0.478. The van der Waals surface area contributed by atoms with Crippen molar-refractivity contribution in [1.29, 1.82) is 0 Å². The van der Waals surface area contributed by atoms with Crippen molar-refractivity contribution in [2.45, 2.75) is 12.0 Å². The summed E-state index contributed by atoms with van der Waals surface area (Å²) in [5, 5.41) is 0. The lowest BCUT2D eigenvalue weighted by Crippen LogP contribution is -2.23. The van der Waals surface area contributed by atoms with E-state index in [1.165, 1.54) is 7.11 Å². The van der Waals surface area contributed by atoms with Crippen LogP contribution in [0, 0.1) is 0 Å². The minimum Gasteiger partial charge on any atom is -0.468 e. The van der Waals surface area contributed by atoms with Gasteiger partial charge in [0.2, 0.25) is 0 Å². The number of hydrogen-bond acceptors (Lipinski definition) is 3. The molecule has 3 heteroatoms. The van der Waals surface area contributed by atoms with Gasteiger partial charge in [-0.05, 0) is 11.1 Å². The highest BCUT2D eigenvalue weighted by Crippen LogP contribution is 2.34. The number of esters is 1. The largest absolute Gasteiger partial charge is 0.468 e. The molecule has 2 aromatic rings. The third-order valence-corrected chi connectivity index (χ3v) is 3.30. The first-order chi connectivity index (χ1) is 9.77. The average molecular weight is 270 g/mol. The van der Waals surface area contributed by atoms with Gasteiger partial charge in [-0.2, -0.15) is 0 Å². The number of carbonyl (C=O) groups is 1. The van der Waals surface area contributed by atoms with Crippen molar-refractivity contribution >= 4 is 5.97 Å². The Morgan fingerprint density at radius 3 is 1.80 bits per heavy atom. The van der Waals surface area contributed by atoms with Crippen molar-refractivity contribution in [3.8, 4) is 0 Å². The molecule has 0 amide bonds. The molecule has 2 aromatic carbocycles. The first-order valence-electron chi connectivity index (χ1n) is 6.48. The molecule has 0 aromatic heterocycles. The summed E-state index contributed by atoms with van der Waals surface area (Å²) in [4.78, 5) is 12.2. The molecule has 0 N–H and O–H groups in total. The van der Waals surface area contributed by atoms with Crippen LogP contribution >= 0.6 is 0 Å². The summed E-state index contributed by atoms with van der Waals surface area (Å²) in [5.74, 6) is -0.777. The predicted molar refractivity (Wildman–Crippen MR) is 77.4 cm³/mol. The van der Waals surface area contributed by atoms with Crippen molar-refractivity contribution < 1.29 is 14.3 Å². The maximum absolute atomic E-state index is 12.2. The van der Waals surface area contributed by atoms with Gasteiger partial charge in [0, 0.05) is 7.11 Å². The lowest BCUT2D eigenvalue weighted by Gasteiger charge is -2.24. The van der Waals surface area contributed by atoms with Crippen LogP contribution in [-0.4, -0.2) is 20.2 Å². The number of hydrogen-bond donors (Lipinski definition) is 0. The van der Waals surface area contributed by atoms with E-state index < -0.39 is 5.92 Å². The molecule has 0 fully saturated rings. The zero-order valence-electron chi connectivity index (χ0n) is 11.7. The molecule has 2 atom stereocenters. The standard InChI is InChI=1S/C17H18O3/c1-19-16(14-11-7-4-8-12-14)15(17(18)20-2)13-9-5-3-6-10-13/h3-12,15-16H,1-2H3/t15-,16+/m1/s1. The normalized spacial score (nSPS) is 13.5. The third kappa shape index (κ3) is 3.06. The summed E-state index contributed by atoms with van der Waals surface area (Å²) in [6, 6.07) is 19.3. The Morgan fingerprint density at radius 1 is 0.850 bits per heavy atom. The Morgan fingerprint density at radius 2 is 1.35 bits per heavy atom. The molecule has 0 aliphatic carbocycles. The van der Waals surface area contributed by atoms with Crippen molar-refractivity contribution in [2.75, 3.05) is 14.2 Å². The second-order valence-electron chi connectivity index (χ2n) is 4.48. The molecule has 0 radical (unpaired) electrons. The smallest absolute Gasteiger partial charge is 0.316 e. The number of benzene rings is 2. The number of rotatable bonds is 5. The van der Waals surface area contributed by atoms with Gasteiger partial charge in [0.05, 0.1) is 13.2 Å². The van der Waals surface area contributed by atoms with Crippen LogP contribution in [0.3, 0.4) is 0 Å². The highest BCUT2D eigenvalue weighted by atomic mass is 16.5. The number of ether oxygens (including phenoxy) is 2.